The quantitative estimate of drug-likeness (QED) is 0.625. The van der Waals surface area contributed by atoms with Crippen LogP contribution in [0.15, 0.2) is 86.3 Å². The molecule has 0 spiro atoms. The number of hydrogen-bond donors (Lipinski definition) is 1. The Bertz CT molecular complexity index is 1270. The summed E-state index contributed by atoms with van der Waals surface area (Å²) >= 11 is 5.93. The van der Waals surface area contributed by atoms with E-state index in [-0.39, 0.29) is 16.0 Å². The van der Waals surface area contributed by atoms with Crippen molar-refractivity contribution in [1.29, 1.82) is 0 Å². The smallest absolute Gasteiger partial charge is 0.210 e. The van der Waals surface area contributed by atoms with E-state index in [1.165, 1.54) is 30.3 Å². The fraction of sp³-hybridized carbons (Fsp3) is 0.100. The molecular weight excluding hydrogens is 437 g/mol. The van der Waals surface area contributed by atoms with Crippen LogP contribution in [0, 0.1) is 5.82 Å². The van der Waals surface area contributed by atoms with Gasteiger partial charge in [-0.1, -0.05) is 35.9 Å². The number of hydrogen-bond acceptors (Lipinski definition) is 5. The molecule has 9 heteroatoms. The van der Waals surface area contributed by atoms with Gasteiger partial charge in [-0.15, -0.1) is 0 Å². The minimum atomic E-state index is -4.49. The molecule has 152 valence electrons. The molecule has 0 aromatic heterocycles. The van der Waals surface area contributed by atoms with Gasteiger partial charge in [-0.3, -0.25) is 0 Å². The summed E-state index contributed by atoms with van der Waals surface area (Å²) in [5.41, 5.74) is 6.50. The van der Waals surface area contributed by atoms with Crippen molar-refractivity contribution in [2.45, 2.75) is 32.5 Å². The van der Waals surface area contributed by atoms with Crippen LogP contribution in [0.3, 0.4) is 0 Å². The molecule has 0 radical (unpaired) electrons. The van der Waals surface area contributed by atoms with Crippen molar-refractivity contribution in [2.24, 2.45) is 5.73 Å². The summed E-state index contributed by atoms with van der Waals surface area (Å²) in [5, 5.41) is 0.00571. The van der Waals surface area contributed by atoms with E-state index in [0.29, 0.717) is 0 Å². The van der Waals surface area contributed by atoms with Gasteiger partial charge in [0.1, 0.15) is 10.7 Å². The Labute approximate surface area is 173 Å². The van der Waals surface area contributed by atoms with Crippen molar-refractivity contribution in [3.8, 4) is 0 Å². The summed E-state index contributed by atoms with van der Waals surface area (Å²) in [7, 11) is -8.73. The molecule has 0 saturated carbocycles. The van der Waals surface area contributed by atoms with Crippen molar-refractivity contribution < 1.29 is 21.2 Å². The zero-order valence-electron chi connectivity index (χ0n) is 15.2. The molecule has 0 bridgehead atoms. The summed E-state index contributed by atoms with van der Waals surface area (Å²) in [6.07, 6.45) is 0. The molecule has 5 nitrogen and oxygen atoms in total. The Hall–Kier alpha value is -2.26. The topological polar surface area (TPSA) is 94.3 Å². The van der Waals surface area contributed by atoms with Crippen molar-refractivity contribution in [3.63, 3.8) is 0 Å². The lowest BCUT2D eigenvalue weighted by atomic mass is 10.1. The largest absolute Gasteiger partial charge is 0.324 e. The molecule has 0 fully saturated rings. The maximum absolute atomic E-state index is 14.2. The second kappa shape index (κ2) is 7.87. The molecule has 0 amide bonds. The lowest BCUT2D eigenvalue weighted by Crippen LogP contribution is -2.12. The van der Waals surface area contributed by atoms with Gasteiger partial charge in [0.25, 0.3) is 0 Å². The second-order valence-corrected chi connectivity index (χ2v) is 10.6. The van der Waals surface area contributed by atoms with Crippen molar-refractivity contribution in [2.75, 3.05) is 0 Å². The molecule has 3 rings (SSSR count). The summed E-state index contributed by atoms with van der Waals surface area (Å²) in [5.74, 6) is -0.989. The van der Waals surface area contributed by atoms with E-state index in [0.717, 1.165) is 29.8 Å². The average molecular weight is 454 g/mol. The Morgan fingerprint density at radius 3 is 2.03 bits per heavy atom. The summed E-state index contributed by atoms with van der Waals surface area (Å²) in [6, 6.07) is 13.6. The van der Waals surface area contributed by atoms with Crippen molar-refractivity contribution in [1.82, 2.24) is 0 Å². The predicted octanol–water partition coefficient (Wildman–Crippen LogP) is 4.16. The zero-order chi connectivity index (χ0) is 21.4. The molecule has 0 aliphatic rings. The average Bonchev–Trinajstić information content (AvgIpc) is 2.68. The summed E-state index contributed by atoms with van der Waals surface area (Å²) in [6.45, 7) is 1.75. The molecule has 0 aliphatic carbocycles. The standard InChI is InChI=1S/C20H17ClFNO4S2/c1-13(23)14-6-9-16(10-7-14)28(24,25)19-11-8-15(21)12-20(19)29(26,27)18-5-3-2-4-17(18)22/h2-13H,23H2,1H3. The van der Waals surface area contributed by atoms with Gasteiger partial charge < -0.3 is 5.73 Å². The minimum absolute atomic E-state index is 0.00571. The first-order valence-corrected chi connectivity index (χ1v) is 11.8. The monoisotopic (exact) mass is 453 g/mol. The molecule has 0 heterocycles. The lowest BCUT2D eigenvalue weighted by Gasteiger charge is -2.13. The van der Waals surface area contributed by atoms with E-state index in [1.807, 2.05) is 0 Å². The zero-order valence-corrected chi connectivity index (χ0v) is 17.6. The van der Waals surface area contributed by atoms with Gasteiger partial charge in [0.05, 0.1) is 14.7 Å². The molecule has 0 aliphatic heterocycles. The van der Waals surface area contributed by atoms with Gasteiger partial charge in [0.15, 0.2) is 0 Å². The molecule has 0 saturated heterocycles. The fourth-order valence-corrected chi connectivity index (χ4v) is 6.42. The summed E-state index contributed by atoms with van der Waals surface area (Å²) in [4.78, 5) is -1.83. The van der Waals surface area contributed by atoms with Crippen LogP contribution in [0.1, 0.15) is 18.5 Å². The number of nitrogens with two attached hydrogens (primary N) is 1. The first-order valence-electron chi connectivity index (χ1n) is 8.45. The molecule has 2 N–H and O–H groups in total. The predicted molar refractivity (Wildman–Crippen MR) is 108 cm³/mol. The van der Waals surface area contributed by atoms with Crippen LogP contribution >= 0.6 is 11.6 Å². The Morgan fingerprint density at radius 2 is 1.45 bits per heavy atom. The molecule has 29 heavy (non-hydrogen) atoms. The van der Waals surface area contributed by atoms with Gasteiger partial charge in [-0.05, 0) is 55.0 Å². The SMILES string of the molecule is CC(N)c1ccc(S(=O)(=O)c2ccc(Cl)cc2S(=O)(=O)c2ccccc2F)cc1. The van der Waals surface area contributed by atoms with Crippen LogP contribution in [0.2, 0.25) is 5.02 Å². The van der Waals surface area contributed by atoms with E-state index in [9.17, 15) is 21.2 Å². The third-order valence-electron chi connectivity index (χ3n) is 4.33. The number of halogens is 2. The molecule has 1 atom stereocenters. The Balaban J connectivity index is 2.23. The van der Waals surface area contributed by atoms with E-state index < -0.39 is 40.2 Å². The van der Waals surface area contributed by atoms with Crippen LogP contribution < -0.4 is 5.73 Å². The van der Waals surface area contributed by atoms with E-state index in [4.69, 9.17) is 17.3 Å². The highest BCUT2D eigenvalue weighted by molar-refractivity contribution is 7.94. The van der Waals surface area contributed by atoms with Gasteiger partial charge in [0.2, 0.25) is 19.7 Å². The Morgan fingerprint density at radius 1 is 0.828 bits per heavy atom. The van der Waals surface area contributed by atoms with Gasteiger partial charge in [0, 0.05) is 11.1 Å². The van der Waals surface area contributed by atoms with E-state index in [1.54, 1.807) is 19.1 Å². The van der Waals surface area contributed by atoms with E-state index in [2.05, 4.69) is 0 Å². The first kappa shape index (κ1) is 21.4. The maximum atomic E-state index is 14.2. The number of benzene rings is 3. The van der Waals surface area contributed by atoms with E-state index >= 15 is 0 Å². The second-order valence-electron chi connectivity index (χ2n) is 6.39. The molecule has 3 aromatic rings. The van der Waals surface area contributed by atoms with Crippen LogP contribution in [0.25, 0.3) is 0 Å². The van der Waals surface area contributed by atoms with Gasteiger partial charge in [-0.25, -0.2) is 21.2 Å². The van der Waals surface area contributed by atoms with Crippen molar-refractivity contribution in [3.05, 3.63) is 83.1 Å². The third kappa shape index (κ3) is 4.06. The number of rotatable bonds is 5. The highest BCUT2D eigenvalue weighted by atomic mass is 35.5. The highest BCUT2D eigenvalue weighted by Gasteiger charge is 2.31. The minimum Gasteiger partial charge on any atom is -0.324 e. The number of sulfone groups is 2. The third-order valence-corrected chi connectivity index (χ3v) is 8.35. The fourth-order valence-electron chi connectivity index (χ4n) is 2.77. The molecule has 1 unspecified atom stereocenters. The van der Waals surface area contributed by atoms with Gasteiger partial charge >= 0.3 is 0 Å². The first-order chi connectivity index (χ1) is 13.5. The normalized spacial score (nSPS) is 13.2. The highest BCUT2D eigenvalue weighted by Crippen LogP contribution is 2.34. The van der Waals surface area contributed by atoms with Crippen molar-refractivity contribution >= 4 is 31.3 Å². The van der Waals surface area contributed by atoms with Gasteiger partial charge in [-0.2, -0.15) is 0 Å². The molecule has 3 aromatic carbocycles. The Kier molecular flexibility index (Phi) is 5.82. The summed E-state index contributed by atoms with van der Waals surface area (Å²) < 4.78 is 66.7. The maximum Gasteiger partial charge on any atom is 0.210 e. The van der Waals surface area contributed by atoms with Crippen LogP contribution in [0.5, 0.6) is 0 Å². The lowest BCUT2D eigenvalue weighted by molar-refractivity contribution is 0.562. The van der Waals surface area contributed by atoms with Crippen LogP contribution in [0.4, 0.5) is 4.39 Å². The van der Waals surface area contributed by atoms with Crippen LogP contribution in [-0.4, -0.2) is 16.8 Å². The van der Waals surface area contributed by atoms with Crippen LogP contribution in [-0.2, 0) is 19.7 Å². The molecular formula is C20H17ClFNO4S2.